The van der Waals surface area contributed by atoms with Crippen LogP contribution in [0.2, 0.25) is 0 Å². The molecule has 0 fully saturated rings. The summed E-state index contributed by atoms with van der Waals surface area (Å²) in [6, 6.07) is 6.44. The lowest BCUT2D eigenvalue weighted by atomic mass is 10.3. The standard InChI is InChI=1S/C12H9FN2O3/c1-8-2-3-11(7-14-8)18-12-5-9(13)4-10(6-12)15(16)17/h2-7H,1H3. The van der Waals surface area contributed by atoms with Crippen molar-refractivity contribution in [2.75, 3.05) is 0 Å². The highest BCUT2D eigenvalue weighted by Gasteiger charge is 2.11. The van der Waals surface area contributed by atoms with Gasteiger partial charge in [-0.15, -0.1) is 0 Å². The second-order valence-corrected chi connectivity index (χ2v) is 3.64. The van der Waals surface area contributed by atoms with Crippen LogP contribution < -0.4 is 4.74 Å². The molecule has 0 aliphatic carbocycles. The molecule has 18 heavy (non-hydrogen) atoms. The molecule has 0 N–H and O–H groups in total. The van der Waals surface area contributed by atoms with Crippen molar-refractivity contribution in [1.82, 2.24) is 4.98 Å². The predicted molar refractivity (Wildman–Crippen MR) is 62.1 cm³/mol. The highest BCUT2D eigenvalue weighted by Crippen LogP contribution is 2.26. The fraction of sp³-hybridized carbons (Fsp3) is 0.0833. The molecule has 2 rings (SSSR count). The molecule has 0 saturated carbocycles. The van der Waals surface area contributed by atoms with Crippen molar-refractivity contribution >= 4 is 5.69 Å². The summed E-state index contributed by atoms with van der Waals surface area (Å²) in [5.41, 5.74) is 0.456. The molecule has 0 aliphatic heterocycles. The van der Waals surface area contributed by atoms with E-state index in [0.717, 1.165) is 23.9 Å². The molecule has 6 heteroatoms. The summed E-state index contributed by atoms with van der Waals surface area (Å²) < 4.78 is 18.5. The van der Waals surface area contributed by atoms with Crippen molar-refractivity contribution in [3.63, 3.8) is 0 Å². The van der Waals surface area contributed by atoms with E-state index in [-0.39, 0.29) is 11.4 Å². The van der Waals surface area contributed by atoms with Crippen LogP contribution in [-0.2, 0) is 0 Å². The molecule has 0 spiro atoms. The van der Waals surface area contributed by atoms with E-state index in [0.29, 0.717) is 5.75 Å². The number of hydrogen-bond acceptors (Lipinski definition) is 4. The lowest BCUT2D eigenvalue weighted by molar-refractivity contribution is -0.385. The molecular formula is C12H9FN2O3. The quantitative estimate of drug-likeness (QED) is 0.617. The molecule has 0 aliphatic rings. The summed E-state index contributed by atoms with van der Waals surface area (Å²) in [6.45, 7) is 1.82. The lowest BCUT2D eigenvalue weighted by Crippen LogP contribution is -1.92. The molecule has 1 heterocycles. The molecule has 1 aromatic carbocycles. The zero-order chi connectivity index (χ0) is 13.1. The fourth-order valence-electron chi connectivity index (χ4n) is 1.36. The number of aryl methyl sites for hydroxylation is 1. The summed E-state index contributed by atoms with van der Waals surface area (Å²) in [5, 5.41) is 10.6. The minimum absolute atomic E-state index is 0.0624. The number of non-ortho nitro benzene ring substituents is 1. The molecule has 0 radical (unpaired) electrons. The number of halogens is 1. The van der Waals surface area contributed by atoms with Gasteiger partial charge in [0.15, 0.2) is 0 Å². The molecule has 0 saturated heterocycles. The minimum atomic E-state index is -0.723. The number of hydrogen-bond donors (Lipinski definition) is 0. The minimum Gasteiger partial charge on any atom is -0.455 e. The first-order chi connectivity index (χ1) is 8.54. The third-order valence-corrected chi connectivity index (χ3v) is 2.19. The van der Waals surface area contributed by atoms with Gasteiger partial charge in [0.2, 0.25) is 0 Å². The van der Waals surface area contributed by atoms with Crippen molar-refractivity contribution in [2.24, 2.45) is 0 Å². The van der Waals surface area contributed by atoms with Crippen molar-refractivity contribution in [3.8, 4) is 11.5 Å². The van der Waals surface area contributed by atoms with Gasteiger partial charge in [-0.05, 0) is 19.1 Å². The number of aromatic nitrogens is 1. The Kier molecular flexibility index (Phi) is 3.18. The van der Waals surface area contributed by atoms with Crippen LogP contribution in [0.5, 0.6) is 11.5 Å². The first-order valence-electron chi connectivity index (χ1n) is 5.10. The van der Waals surface area contributed by atoms with E-state index in [9.17, 15) is 14.5 Å². The van der Waals surface area contributed by atoms with E-state index >= 15 is 0 Å². The van der Waals surface area contributed by atoms with Crippen LogP contribution >= 0.6 is 0 Å². The second-order valence-electron chi connectivity index (χ2n) is 3.64. The largest absolute Gasteiger partial charge is 0.455 e. The number of ether oxygens (including phenoxy) is 1. The maximum Gasteiger partial charge on any atom is 0.276 e. The van der Waals surface area contributed by atoms with Crippen LogP contribution in [0.25, 0.3) is 0 Å². The Morgan fingerprint density at radius 1 is 1.28 bits per heavy atom. The Hall–Kier alpha value is -2.50. The third kappa shape index (κ3) is 2.79. The van der Waals surface area contributed by atoms with E-state index < -0.39 is 10.7 Å². The number of benzene rings is 1. The van der Waals surface area contributed by atoms with Gasteiger partial charge in [-0.1, -0.05) is 0 Å². The Balaban J connectivity index is 2.28. The average molecular weight is 248 g/mol. The molecular weight excluding hydrogens is 239 g/mol. The van der Waals surface area contributed by atoms with E-state index in [1.54, 1.807) is 12.1 Å². The van der Waals surface area contributed by atoms with Crippen LogP contribution in [0.15, 0.2) is 36.5 Å². The molecule has 0 bridgehead atoms. The van der Waals surface area contributed by atoms with Crippen LogP contribution in [0, 0.1) is 22.9 Å². The van der Waals surface area contributed by atoms with Crippen molar-refractivity contribution in [2.45, 2.75) is 6.92 Å². The third-order valence-electron chi connectivity index (χ3n) is 2.19. The van der Waals surface area contributed by atoms with Gasteiger partial charge in [-0.25, -0.2) is 4.39 Å². The van der Waals surface area contributed by atoms with Gasteiger partial charge in [-0.2, -0.15) is 0 Å². The average Bonchev–Trinajstić information content (AvgIpc) is 2.31. The summed E-state index contributed by atoms with van der Waals surface area (Å²) in [4.78, 5) is 13.9. The zero-order valence-corrected chi connectivity index (χ0v) is 9.46. The highest BCUT2D eigenvalue weighted by molar-refractivity contribution is 5.41. The van der Waals surface area contributed by atoms with E-state index in [2.05, 4.69) is 4.98 Å². The highest BCUT2D eigenvalue weighted by atomic mass is 19.1. The fourth-order valence-corrected chi connectivity index (χ4v) is 1.36. The van der Waals surface area contributed by atoms with E-state index in [4.69, 9.17) is 4.74 Å². The van der Waals surface area contributed by atoms with Gasteiger partial charge in [0, 0.05) is 11.8 Å². The maximum absolute atomic E-state index is 13.2. The van der Waals surface area contributed by atoms with Crippen LogP contribution in [0.3, 0.4) is 0 Å². The van der Waals surface area contributed by atoms with Crippen molar-refractivity contribution < 1.29 is 14.1 Å². The number of nitro groups is 1. The molecule has 92 valence electrons. The summed E-state index contributed by atoms with van der Waals surface area (Å²) in [7, 11) is 0. The summed E-state index contributed by atoms with van der Waals surface area (Å²) in [5.74, 6) is -0.271. The predicted octanol–water partition coefficient (Wildman–Crippen LogP) is 3.23. The Morgan fingerprint density at radius 2 is 2.06 bits per heavy atom. The van der Waals surface area contributed by atoms with E-state index in [1.807, 2.05) is 6.92 Å². The maximum atomic E-state index is 13.2. The molecule has 0 unspecified atom stereocenters. The number of rotatable bonds is 3. The second kappa shape index (κ2) is 4.79. The van der Waals surface area contributed by atoms with Gasteiger partial charge in [0.05, 0.1) is 23.3 Å². The molecule has 1 aromatic heterocycles. The Morgan fingerprint density at radius 3 is 2.67 bits per heavy atom. The normalized spacial score (nSPS) is 10.1. The van der Waals surface area contributed by atoms with Gasteiger partial charge in [-0.3, -0.25) is 15.1 Å². The van der Waals surface area contributed by atoms with Crippen LogP contribution in [0.1, 0.15) is 5.69 Å². The van der Waals surface area contributed by atoms with Crippen molar-refractivity contribution in [1.29, 1.82) is 0 Å². The Labute approximate surface area is 102 Å². The van der Waals surface area contributed by atoms with E-state index in [1.165, 1.54) is 6.20 Å². The molecule has 0 atom stereocenters. The van der Waals surface area contributed by atoms with Gasteiger partial charge < -0.3 is 4.74 Å². The SMILES string of the molecule is Cc1ccc(Oc2cc(F)cc([N+](=O)[O-])c2)cn1. The van der Waals surface area contributed by atoms with Crippen LogP contribution in [-0.4, -0.2) is 9.91 Å². The lowest BCUT2D eigenvalue weighted by Gasteiger charge is -2.05. The first-order valence-corrected chi connectivity index (χ1v) is 5.10. The number of nitrogens with zero attached hydrogens (tertiary/aromatic N) is 2. The smallest absolute Gasteiger partial charge is 0.276 e. The number of pyridine rings is 1. The summed E-state index contributed by atoms with van der Waals surface area (Å²) in [6.07, 6.45) is 1.46. The number of nitro benzene ring substituents is 1. The topological polar surface area (TPSA) is 65.3 Å². The zero-order valence-electron chi connectivity index (χ0n) is 9.46. The van der Waals surface area contributed by atoms with Gasteiger partial charge in [0.1, 0.15) is 17.3 Å². The van der Waals surface area contributed by atoms with Gasteiger partial charge >= 0.3 is 0 Å². The summed E-state index contributed by atoms with van der Waals surface area (Å²) >= 11 is 0. The first kappa shape index (κ1) is 12.0. The molecule has 5 nitrogen and oxygen atoms in total. The molecule has 0 amide bonds. The van der Waals surface area contributed by atoms with Crippen molar-refractivity contribution in [3.05, 3.63) is 58.2 Å². The Bertz CT molecular complexity index is 584. The monoisotopic (exact) mass is 248 g/mol. The van der Waals surface area contributed by atoms with Crippen LogP contribution in [0.4, 0.5) is 10.1 Å². The van der Waals surface area contributed by atoms with Gasteiger partial charge in [0.25, 0.3) is 5.69 Å². The molecule has 2 aromatic rings.